The van der Waals surface area contributed by atoms with E-state index in [2.05, 4.69) is 4.74 Å². The van der Waals surface area contributed by atoms with Crippen molar-refractivity contribution in [3.05, 3.63) is 0 Å². The smallest absolute Gasteiger partial charge is 0.382 e. The van der Waals surface area contributed by atoms with Crippen molar-refractivity contribution < 1.29 is 44.7 Å². The molecule has 9 nitrogen and oxygen atoms in total. The van der Waals surface area contributed by atoms with E-state index in [-0.39, 0.29) is 0 Å². The van der Waals surface area contributed by atoms with Crippen LogP contribution in [0.4, 0.5) is 0 Å². The quantitative estimate of drug-likeness (QED) is 0.184. The van der Waals surface area contributed by atoms with Gasteiger partial charge in [-0.15, -0.1) is 0 Å². The zero-order valence-corrected chi connectivity index (χ0v) is 11.0. The SMILES string of the molecule is CC(C)C(=O)C(=O)OC(=O)[C@H](O)[C@@H](O)[C@@H](O)[C@H](O)CO. The molecule has 0 bridgehead atoms. The van der Waals surface area contributed by atoms with Crippen LogP contribution in [0, 0.1) is 5.92 Å². The molecule has 0 heterocycles. The number of rotatable bonds is 7. The molecule has 0 aromatic heterocycles. The Morgan fingerprint density at radius 1 is 1.00 bits per heavy atom. The maximum absolute atomic E-state index is 11.3. The second-order valence-electron chi connectivity index (χ2n) is 4.40. The first-order valence-corrected chi connectivity index (χ1v) is 5.76. The average Bonchev–Trinajstić information content (AvgIpc) is 2.42. The molecule has 0 unspecified atom stereocenters. The third kappa shape index (κ3) is 4.94. The van der Waals surface area contributed by atoms with E-state index < -0.39 is 54.7 Å². The molecule has 0 aromatic carbocycles. The van der Waals surface area contributed by atoms with E-state index in [4.69, 9.17) is 10.2 Å². The molecule has 9 heteroatoms. The van der Waals surface area contributed by atoms with Gasteiger partial charge >= 0.3 is 11.9 Å². The normalized spacial score (nSPS) is 17.2. The average molecular weight is 294 g/mol. The van der Waals surface area contributed by atoms with Crippen LogP contribution in [-0.2, 0) is 19.1 Å². The number of aliphatic hydroxyl groups is 5. The predicted octanol–water partition coefficient (Wildman–Crippen LogP) is -3.28. The largest absolute Gasteiger partial charge is 0.394 e. The molecule has 0 saturated heterocycles. The maximum atomic E-state index is 11.3. The van der Waals surface area contributed by atoms with E-state index in [0.29, 0.717) is 0 Å². The summed E-state index contributed by atoms with van der Waals surface area (Å²) < 4.78 is 4.03. The highest BCUT2D eigenvalue weighted by atomic mass is 16.6. The lowest BCUT2D eigenvalue weighted by molar-refractivity contribution is -0.178. The van der Waals surface area contributed by atoms with Gasteiger partial charge in [0.25, 0.3) is 0 Å². The van der Waals surface area contributed by atoms with Crippen LogP contribution in [-0.4, -0.2) is 74.3 Å². The van der Waals surface area contributed by atoms with Gasteiger partial charge in [-0.3, -0.25) is 4.79 Å². The Hall–Kier alpha value is -1.39. The monoisotopic (exact) mass is 294 g/mol. The summed E-state index contributed by atoms with van der Waals surface area (Å²) in [4.78, 5) is 33.6. The number of esters is 2. The minimum absolute atomic E-state index is 0.723. The van der Waals surface area contributed by atoms with Crippen LogP contribution in [0.5, 0.6) is 0 Å². The van der Waals surface area contributed by atoms with Crippen molar-refractivity contribution in [3.8, 4) is 0 Å². The Morgan fingerprint density at radius 3 is 1.90 bits per heavy atom. The van der Waals surface area contributed by atoms with Crippen LogP contribution in [0.25, 0.3) is 0 Å². The predicted molar refractivity (Wildman–Crippen MR) is 62.1 cm³/mol. The van der Waals surface area contributed by atoms with Gasteiger partial charge in [0.1, 0.15) is 18.3 Å². The first kappa shape index (κ1) is 18.6. The Labute approximate surface area is 114 Å². The summed E-state index contributed by atoms with van der Waals surface area (Å²) in [5, 5.41) is 45.5. The van der Waals surface area contributed by atoms with E-state index >= 15 is 0 Å². The second kappa shape index (κ2) is 8.02. The topological polar surface area (TPSA) is 162 Å². The highest BCUT2D eigenvalue weighted by Gasteiger charge is 2.37. The van der Waals surface area contributed by atoms with Crippen molar-refractivity contribution in [2.45, 2.75) is 38.3 Å². The standard InChI is InChI=1S/C11H18O9/c1-4(2)6(14)10(18)20-11(19)9(17)8(16)7(15)5(13)3-12/h4-5,7-9,12-13,15-17H,3H2,1-2H3/t5-,7+,8+,9-/m1/s1. The first-order chi connectivity index (χ1) is 9.13. The van der Waals surface area contributed by atoms with Gasteiger partial charge in [-0.1, -0.05) is 13.8 Å². The van der Waals surface area contributed by atoms with Crippen LogP contribution in [0.2, 0.25) is 0 Å². The fraction of sp³-hybridized carbons (Fsp3) is 0.727. The van der Waals surface area contributed by atoms with Gasteiger partial charge in [0.15, 0.2) is 6.10 Å². The van der Waals surface area contributed by atoms with Gasteiger partial charge in [0.05, 0.1) is 6.61 Å². The summed E-state index contributed by atoms with van der Waals surface area (Å²) in [6, 6.07) is 0. The Kier molecular flexibility index (Phi) is 7.46. The highest BCUT2D eigenvalue weighted by molar-refractivity contribution is 6.35. The first-order valence-electron chi connectivity index (χ1n) is 5.76. The molecule has 0 aliphatic carbocycles. The molecule has 0 aliphatic heterocycles. The molecule has 0 rings (SSSR count). The zero-order valence-electron chi connectivity index (χ0n) is 11.0. The number of Topliss-reactive ketones (excluding diaryl/α,β-unsaturated/α-hetero) is 1. The van der Waals surface area contributed by atoms with Crippen molar-refractivity contribution in [2.24, 2.45) is 5.92 Å². The second-order valence-corrected chi connectivity index (χ2v) is 4.40. The van der Waals surface area contributed by atoms with E-state index in [0.717, 1.165) is 0 Å². The number of hydrogen-bond acceptors (Lipinski definition) is 9. The molecule has 5 N–H and O–H groups in total. The lowest BCUT2D eigenvalue weighted by Gasteiger charge is -2.24. The fourth-order valence-corrected chi connectivity index (χ4v) is 1.10. The van der Waals surface area contributed by atoms with Crippen molar-refractivity contribution in [1.82, 2.24) is 0 Å². The molecule has 0 aliphatic rings. The lowest BCUT2D eigenvalue weighted by atomic mass is 10.0. The van der Waals surface area contributed by atoms with Gasteiger partial charge in [0, 0.05) is 5.92 Å². The molecule has 0 amide bonds. The third-order valence-corrected chi connectivity index (χ3v) is 2.42. The fourth-order valence-electron chi connectivity index (χ4n) is 1.10. The van der Waals surface area contributed by atoms with E-state index in [1.807, 2.05) is 0 Å². The Morgan fingerprint density at radius 2 is 1.50 bits per heavy atom. The molecule has 0 aromatic rings. The van der Waals surface area contributed by atoms with Gasteiger partial charge < -0.3 is 30.3 Å². The van der Waals surface area contributed by atoms with Crippen molar-refractivity contribution in [2.75, 3.05) is 6.61 Å². The van der Waals surface area contributed by atoms with E-state index in [1.54, 1.807) is 0 Å². The lowest BCUT2D eigenvalue weighted by Crippen LogP contribution is -2.49. The van der Waals surface area contributed by atoms with Crippen LogP contribution in [0.1, 0.15) is 13.8 Å². The number of aliphatic hydroxyl groups excluding tert-OH is 5. The number of hydrogen-bond donors (Lipinski definition) is 5. The van der Waals surface area contributed by atoms with Crippen molar-refractivity contribution in [1.29, 1.82) is 0 Å². The molecule has 116 valence electrons. The molecule has 0 spiro atoms. The summed E-state index contributed by atoms with van der Waals surface area (Å²) in [5.74, 6) is -4.88. The highest BCUT2D eigenvalue weighted by Crippen LogP contribution is 2.07. The molecule has 0 fully saturated rings. The summed E-state index contributed by atoms with van der Waals surface area (Å²) in [7, 11) is 0. The van der Waals surface area contributed by atoms with Crippen LogP contribution < -0.4 is 0 Å². The van der Waals surface area contributed by atoms with Crippen LogP contribution in [0.15, 0.2) is 0 Å². The summed E-state index contributed by atoms with van der Waals surface area (Å²) in [6.45, 7) is 1.85. The summed E-state index contributed by atoms with van der Waals surface area (Å²) >= 11 is 0. The van der Waals surface area contributed by atoms with Crippen molar-refractivity contribution >= 4 is 17.7 Å². The Bertz CT molecular complexity index is 365. The van der Waals surface area contributed by atoms with Gasteiger partial charge in [-0.05, 0) is 0 Å². The summed E-state index contributed by atoms with van der Waals surface area (Å²) in [5.41, 5.74) is 0. The van der Waals surface area contributed by atoms with Crippen LogP contribution in [0.3, 0.4) is 0 Å². The zero-order chi connectivity index (χ0) is 16.0. The number of carbonyl (C=O) groups excluding carboxylic acids is 3. The summed E-state index contributed by atoms with van der Waals surface area (Å²) in [6.07, 6.45) is -8.42. The molecule has 0 saturated carbocycles. The molecular formula is C11H18O9. The van der Waals surface area contributed by atoms with E-state index in [1.165, 1.54) is 13.8 Å². The Balaban J connectivity index is 4.63. The van der Waals surface area contributed by atoms with Gasteiger partial charge in [-0.25, -0.2) is 9.59 Å². The molecule has 4 atom stereocenters. The number of ketones is 1. The van der Waals surface area contributed by atoms with Gasteiger partial charge in [0.2, 0.25) is 5.78 Å². The third-order valence-electron chi connectivity index (χ3n) is 2.42. The maximum Gasteiger partial charge on any atom is 0.382 e. The van der Waals surface area contributed by atoms with Gasteiger partial charge in [-0.2, -0.15) is 0 Å². The minimum Gasteiger partial charge on any atom is -0.394 e. The minimum atomic E-state index is -2.37. The molecular weight excluding hydrogens is 276 g/mol. The van der Waals surface area contributed by atoms with Crippen LogP contribution >= 0.6 is 0 Å². The number of ether oxygens (including phenoxy) is 1. The number of carbonyl (C=O) groups is 3. The van der Waals surface area contributed by atoms with Crippen molar-refractivity contribution in [3.63, 3.8) is 0 Å². The van der Waals surface area contributed by atoms with E-state index in [9.17, 15) is 29.7 Å². The molecule has 0 radical (unpaired) electrons. The molecule has 20 heavy (non-hydrogen) atoms.